The first-order valence-corrected chi connectivity index (χ1v) is 8.42. The fourth-order valence-electron chi connectivity index (χ4n) is 1.94. The molecule has 2 N–H and O–H groups in total. The van der Waals surface area contributed by atoms with Crippen molar-refractivity contribution in [1.29, 1.82) is 0 Å². The molecule has 9 heteroatoms. The van der Waals surface area contributed by atoms with Crippen molar-refractivity contribution in [2.75, 3.05) is 18.9 Å². The second kappa shape index (κ2) is 6.98. The number of hydrogen-bond acceptors (Lipinski definition) is 5. The minimum atomic E-state index is -4.14. The van der Waals surface area contributed by atoms with E-state index in [9.17, 15) is 13.2 Å². The highest BCUT2D eigenvalue weighted by Gasteiger charge is 2.22. The Hall–Kier alpha value is -2.45. The zero-order valence-electron chi connectivity index (χ0n) is 12.7. The molecule has 0 bridgehead atoms. The normalized spacial score (nSPS) is 11.0. The molecule has 0 fully saturated rings. The van der Waals surface area contributed by atoms with Crippen LogP contribution < -0.4 is 14.2 Å². The van der Waals surface area contributed by atoms with Crippen molar-refractivity contribution in [2.45, 2.75) is 4.90 Å². The molecule has 0 amide bonds. The summed E-state index contributed by atoms with van der Waals surface area (Å²) in [6.07, 6.45) is 0. The van der Waals surface area contributed by atoms with Gasteiger partial charge in [0.05, 0.1) is 30.5 Å². The Morgan fingerprint density at radius 2 is 1.83 bits per heavy atom. The van der Waals surface area contributed by atoms with Gasteiger partial charge in [-0.3, -0.25) is 4.72 Å². The van der Waals surface area contributed by atoms with Crippen LogP contribution in [0.25, 0.3) is 0 Å². The largest absolute Gasteiger partial charge is 0.497 e. The Kier molecular flexibility index (Phi) is 5.20. The first kappa shape index (κ1) is 17.9. The highest BCUT2D eigenvalue weighted by Crippen LogP contribution is 2.32. The maximum absolute atomic E-state index is 12.6. The van der Waals surface area contributed by atoms with Crippen molar-refractivity contribution in [3.05, 3.63) is 47.0 Å². The van der Waals surface area contributed by atoms with Crippen LogP contribution >= 0.6 is 11.6 Å². The molecule has 7 nitrogen and oxygen atoms in total. The summed E-state index contributed by atoms with van der Waals surface area (Å²) >= 11 is 5.92. The molecule has 0 unspecified atom stereocenters. The molecule has 0 aliphatic carbocycles. The highest BCUT2D eigenvalue weighted by molar-refractivity contribution is 7.92. The molecule has 2 rings (SSSR count). The van der Waals surface area contributed by atoms with Crippen molar-refractivity contribution < 1.29 is 27.8 Å². The fourth-order valence-corrected chi connectivity index (χ4v) is 3.52. The van der Waals surface area contributed by atoms with Crippen LogP contribution in [0.1, 0.15) is 10.4 Å². The molecule has 0 atom stereocenters. The van der Waals surface area contributed by atoms with Crippen molar-refractivity contribution in [3.8, 4) is 11.5 Å². The summed E-state index contributed by atoms with van der Waals surface area (Å²) in [5, 5.41) is 8.91. The van der Waals surface area contributed by atoms with Crippen LogP contribution in [0, 0.1) is 0 Å². The minimum absolute atomic E-state index is 0.102. The standard InChI is InChI=1S/C15H14ClNO6S/c1-22-10-4-6-13(23-2)12(8-10)17-24(20,21)14-7-9(15(18)19)3-5-11(14)16/h3-8,17H,1-2H3,(H,18,19). The van der Waals surface area contributed by atoms with Crippen LogP contribution in [-0.4, -0.2) is 33.7 Å². The third-order valence-corrected chi connectivity index (χ3v) is 4.97. The smallest absolute Gasteiger partial charge is 0.335 e. The summed E-state index contributed by atoms with van der Waals surface area (Å²) in [6.45, 7) is 0. The van der Waals surface area contributed by atoms with E-state index in [4.69, 9.17) is 26.2 Å². The van der Waals surface area contributed by atoms with Crippen LogP contribution in [-0.2, 0) is 10.0 Å². The molecular weight excluding hydrogens is 358 g/mol. The molecule has 0 heterocycles. The summed E-state index contributed by atoms with van der Waals surface area (Å²) < 4.78 is 37.6. The Balaban J connectivity index is 2.49. The van der Waals surface area contributed by atoms with Gasteiger partial charge in [-0.15, -0.1) is 0 Å². The average molecular weight is 372 g/mol. The quantitative estimate of drug-likeness (QED) is 0.809. The average Bonchev–Trinajstić information content (AvgIpc) is 2.54. The van der Waals surface area contributed by atoms with Crippen molar-refractivity contribution in [1.82, 2.24) is 0 Å². The second-order valence-corrected chi connectivity index (χ2v) is 6.68. The van der Waals surface area contributed by atoms with Gasteiger partial charge in [0.15, 0.2) is 0 Å². The lowest BCUT2D eigenvalue weighted by Gasteiger charge is -2.14. The number of rotatable bonds is 6. The first-order valence-electron chi connectivity index (χ1n) is 6.56. The van der Waals surface area contributed by atoms with Crippen molar-refractivity contribution in [2.24, 2.45) is 0 Å². The number of ether oxygens (including phenoxy) is 2. The van der Waals surface area contributed by atoms with Crippen molar-refractivity contribution >= 4 is 33.3 Å². The van der Waals surface area contributed by atoms with Gasteiger partial charge in [0.1, 0.15) is 16.4 Å². The number of aromatic carboxylic acids is 1. The molecule has 0 aliphatic heterocycles. The number of sulfonamides is 1. The molecule has 128 valence electrons. The molecular formula is C15H14ClNO6S. The number of carboxylic acids is 1. The van der Waals surface area contributed by atoms with Gasteiger partial charge in [0.25, 0.3) is 10.0 Å². The van der Waals surface area contributed by atoms with Crippen LogP contribution in [0.2, 0.25) is 5.02 Å². The van der Waals surface area contributed by atoms with Crippen LogP contribution in [0.3, 0.4) is 0 Å². The van der Waals surface area contributed by atoms with Crippen LogP contribution in [0.4, 0.5) is 5.69 Å². The molecule has 0 aliphatic rings. The van der Waals surface area contributed by atoms with Crippen molar-refractivity contribution in [3.63, 3.8) is 0 Å². The van der Waals surface area contributed by atoms with Gasteiger partial charge >= 0.3 is 5.97 Å². The number of halogens is 1. The number of anilines is 1. The third kappa shape index (κ3) is 3.72. The van der Waals surface area contributed by atoms with Gasteiger partial charge in [0, 0.05) is 6.07 Å². The van der Waals surface area contributed by atoms with Gasteiger partial charge in [-0.1, -0.05) is 11.6 Å². The third-order valence-electron chi connectivity index (χ3n) is 3.12. The molecule has 24 heavy (non-hydrogen) atoms. The van der Waals surface area contributed by atoms with Crippen LogP contribution in [0.15, 0.2) is 41.3 Å². The molecule has 0 aromatic heterocycles. The Morgan fingerprint density at radius 1 is 1.12 bits per heavy atom. The van der Waals surface area contributed by atoms with Gasteiger partial charge in [-0.25, -0.2) is 13.2 Å². The van der Waals surface area contributed by atoms with E-state index in [2.05, 4.69) is 4.72 Å². The summed E-state index contributed by atoms with van der Waals surface area (Å²) in [5.41, 5.74) is -0.0639. The maximum Gasteiger partial charge on any atom is 0.335 e. The molecule has 0 saturated heterocycles. The lowest BCUT2D eigenvalue weighted by Crippen LogP contribution is -2.15. The van der Waals surface area contributed by atoms with Gasteiger partial charge in [-0.2, -0.15) is 0 Å². The Bertz CT molecular complexity index is 882. The van der Waals surface area contributed by atoms with E-state index in [1.165, 1.54) is 38.5 Å². The number of methoxy groups -OCH3 is 2. The Labute approximate surface area is 143 Å². The summed E-state index contributed by atoms with van der Waals surface area (Å²) in [6, 6.07) is 7.99. The topological polar surface area (TPSA) is 102 Å². The fraction of sp³-hybridized carbons (Fsp3) is 0.133. The molecule has 2 aromatic rings. The van der Waals surface area contributed by atoms with E-state index >= 15 is 0 Å². The SMILES string of the molecule is COc1ccc(OC)c(NS(=O)(=O)c2cc(C(=O)O)ccc2Cl)c1. The summed E-state index contributed by atoms with van der Waals surface area (Å²) in [5.74, 6) is -0.578. The molecule has 0 radical (unpaired) electrons. The van der Waals surface area contributed by atoms with Gasteiger partial charge < -0.3 is 14.6 Å². The lowest BCUT2D eigenvalue weighted by molar-refractivity contribution is 0.0696. The number of hydrogen-bond donors (Lipinski definition) is 2. The van der Waals surface area contributed by atoms with E-state index in [0.717, 1.165) is 6.07 Å². The Morgan fingerprint density at radius 3 is 2.42 bits per heavy atom. The monoisotopic (exact) mass is 371 g/mol. The van der Waals surface area contributed by atoms with E-state index in [-0.39, 0.29) is 26.9 Å². The molecule has 2 aromatic carbocycles. The highest BCUT2D eigenvalue weighted by atomic mass is 35.5. The predicted octanol–water partition coefficient (Wildman–Crippen LogP) is 2.86. The number of carbonyl (C=O) groups is 1. The first-order chi connectivity index (χ1) is 11.3. The second-order valence-electron chi connectivity index (χ2n) is 4.62. The van der Waals surface area contributed by atoms with Crippen LogP contribution in [0.5, 0.6) is 11.5 Å². The van der Waals surface area contributed by atoms with E-state index in [0.29, 0.717) is 5.75 Å². The summed E-state index contributed by atoms with van der Waals surface area (Å²) in [7, 11) is -1.31. The van der Waals surface area contributed by atoms with E-state index in [1.54, 1.807) is 6.07 Å². The van der Waals surface area contributed by atoms with Gasteiger partial charge in [-0.05, 0) is 30.3 Å². The van der Waals surface area contributed by atoms with E-state index in [1.807, 2.05) is 0 Å². The molecule has 0 spiro atoms. The lowest BCUT2D eigenvalue weighted by atomic mass is 10.2. The van der Waals surface area contributed by atoms with Gasteiger partial charge in [0.2, 0.25) is 0 Å². The maximum atomic E-state index is 12.6. The number of nitrogens with one attached hydrogen (secondary N) is 1. The number of carboxylic acid groups (broad SMARTS) is 1. The number of benzene rings is 2. The van der Waals surface area contributed by atoms with E-state index < -0.39 is 16.0 Å². The zero-order valence-corrected chi connectivity index (χ0v) is 14.3. The zero-order chi connectivity index (χ0) is 17.9. The predicted molar refractivity (Wildman–Crippen MR) is 88.8 cm³/mol. The summed E-state index contributed by atoms with van der Waals surface area (Å²) in [4.78, 5) is 10.7. The minimum Gasteiger partial charge on any atom is -0.497 e. The molecule has 0 saturated carbocycles.